The van der Waals surface area contributed by atoms with Crippen LogP contribution in [0.25, 0.3) is 10.9 Å². The number of benzene rings is 3. The summed E-state index contributed by atoms with van der Waals surface area (Å²) in [6.45, 7) is 0.548. The van der Waals surface area contributed by atoms with Crippen molar-refractivity contribution in [2.75, 3.05) is 26.0 Å². The molecule has 0 aliphatic rings. The highest BCUT2D eigenvalue weighted by atomic mass is 35.5. The molecule has 4 rings (SSSR count). The van der Waals surface area contributed by atoms with Gasteiger partial charge in [-0.3, -0.25) is 9.89 Å². The molecular weight excluding hydrogens is 505 g/mol. The molecule has 0 aliphatic carbocycles. The second-order valence-corrected chi connectivity index (χ2v) is 8.69. The topological polar surface area (TPSA) is 97.9 Å². The van der Waals surface area contributed by atoms with E-state index in [0.29, 0.717) is 40.3 Å². The van der Waals surface area contributed by atoms with Gasteiger partial charge in [-0.2, -0.15) is 10.6 Å². The second kappa shape index (κ2) is 12.4. The van der Waals surface area contributed by atoms with Crippen LogP contribution >= 0.6 is 11.6 Å². The molecule has 3 aromatic carbocycles. The number of nitrogens with one attached hydrogen (secondary N) is 3. The Kier molecular flexibility index (Phi) is 8.55. The molecule has 8 nitrogen and oxygen atoms in total. The molecule has 38 heavy (non-hydrogen) atoms. The molecule has 1 heterocycles. The van der Waals surface area contributed by atoms with E-state index in [9.17, 15) is 4.39 Å². The lowest BCUT2D eigenvalue weighted by atomic mass is 10.1. The average molecular weight is 529 g/mol. The fourth-order valence-electron chi connectivity index (χ4n) is 3.50. The third-order valence-corrected chi connectivity index (χ3v) is 5.61. The minimum Gasteiger partial charge on any atom is -0.487 e. The molecule has 0 aliphatic heterocycles. The van der Waals surface area contributed by atoms with E-state index in [4.69, 9.17) is 21.6 Å². The van der Waals surface area contributed by atoms with Gasteiger partial charge < -0.3 is 10.1 Å². The quantitative estimate of drug-likeness (QED) is 0.0853. The average Bonchev–Trinajstić information content (AvgIpc) is 2.90. The molecule has 0 bridgehead atoms. The molecule has 3 N–H and O–H groups in total. The van der Waals surface area contributed by atoms with Crippen LogP contribution in [0, 0.1) is 29.1 Å². The molecule has 10 heteroatoms. The van der Waals surface area contributed by atoms with Crippen LogP contribution in [0.4, 0.5) is 15.9 Å². The largest absolute Gasteiger partial charge is 0.487 e. The molecule has 4 aromatic rings. The molecule has 190 valence electrons. The monoisotopic (exact) mass is 528 g/mol. The van der Waals surface area contributed by atoms with E-state index in [1.807, 2.05) is 44.6 Å². The van der Waals surface area contributed by atoms with E-state index in [0.717, 1.165) is 16.5 Å². The van der Waals surface area contributed by atoms with E-state index >= 15 is 0 Å². The van der Waals surface area contributed by atoms with E-state index in [2.05, 4.69) is 37.8 Å². The van der Waals surface area contributed by atoms with E-state index in [1.165, 1.54) is 18.5 Å². The number of aromatic nitrogens is 2. The Morgan fingerprint density at radius 3 is 2.74 bits per heavy atom. The molecule has 0 fully saturated rings. The van der Waals surface area contributed by atoms with Crippen LogP contribution in [0.1, 0.15) is 11.1 Å². The van der Waals surface area contributed by atoms with Crippen LogP contribution in [0.2, 0.25) is 5.02 Å². The molecule has 0 saturated heterocycles. The molecule has 0 unspecified atom stereocenters. The number of fused-ring (bicyclic) bond motifs is 1. The number of ether oxygens (including phenoxy) is 1. The van der Waals surface area contributed by atoms with Crippen LogP contribution < -0.4 is 20.7 Å². The Labute approximate surface area is 224 Å². The normalized spacial score (nSPS) is 10.1. The molecular formula is C28H24ClFN7O+. The Morgan fingerprint density at radius 2 is 1.97 bits per heavy atom. The number of rotatable bonds is 6. The zero-order valence-corrected chi connectivity index (χ0v) is 21.5. The Balaban J connectivity index is 1.47. The number of hydrogen-bond donors (Lipinski definition) is 3. The van der Waals surface area contributed by atoms with Crippen LogP contribution in [-0.4, -0.2) is 41.1 Å². The van der Waals surface area contributed by atoms with E-state index < -0.39 is 0 Å². The SMILES string of the molecule is C[N+](C)=C(NC#N)NCC#Cc1ccc2ncnc(Nc3ccc(OCc4cccc(F)c4)c(Cl)c3)c2c1. The maximum Gasteiger partial charge on any atom is 0.360 e. The third-order valence-electron chi connectivity index (χ3n) is 5.31. The second-order valence-electron chi connectivity index (χ2n) is 8.28. The van der Waals surface area contributed by atoms with Gasteiger partial charge >= 0.3 is 5.96 Å². The van der Waals surface area contributed by atoms with Crippen molar-refractivity contribution in [3.63, 3.8) is 0 Å². The highest BCUT2D eigenvalue weighted by Crippen LogP contribution is 2.31. The molecule has 0 atom stereocenters. The van der Waals surface area contributed by atoms with Crippen molar-refractivity contribution < 1.29 is 13.7 Å². The highest BCUT2D eigenvalue weighted by molar-refractivity contribution is 6.32. The van der Waals surface area contributed by atoms with Crippen molar-refractivity contribution in [3.05, 3.63) is 89.0 Å². The predicted octanol–water partition coefficient (Wildman–Crippen LogP) is 4.38. The van der Waals surface area contributed by atoms with E-state index in [1.54, 1.807) is 28.8 Å². The summed E-state index contributed by atoms with van der Waals surface area (Å²) in [6.07, 6.45) is 3.37. The van der Waals surface area contributed by atoms with Crippen molar-refractivity contribution in [1.29, 1.82) is 5.26 Å². The standard InChI is InChI=1S/C28H23ClFN7O/c1-37(2)28(33-17-31)32-12-4-6-19-8-10-25-23(14-19)27(35-18-34-25)36-22-9-11-26(24(29)15-22)38-16-20-5-3-7-21(30)13-20/h3,5,7-11,13-15,18H,12,16H2,1-2H3,(H2,32,33,34,35,36)/p+1. The number of halogens is 2. The first kappa shape index (κ1) is 26.2. The summed E-state index contributed by atoms with van der Waals surface area (Å²) in [4.78, 5) is 8.74. The number of nitrogens with zero attached hydrogens (tertiary/aromatic N) is 4. The minimum atomic E-state index is -0.315. The minimum absolute atomic E-state index is 0.198. The maximum absolute atomic E-state index is 13.4. The summed E-state index contributed by atoms with van der Waals surface area (Å²) in [5, 5.41) is 18.9. The third kappa shape index (κ3) is 6.88. The summed E-state index contributed by atoms with van der Waals surface area (Å²) in [6, 6.07) is 17.2. The first-order chi connectivity index (χ1) is 18.4. The van der Waals surface area contributed by atoms with Crippen molar-refractivity contribution >= 4 is 40.0 Å². The summed E-state index contributed by atoms with van der Waals surface area (Å²) < 4.78 is 20.9. The van der Waals surface area contributed by atoms with Gasteiger partial charge in [0.2, 0.25) is 0 Å². The van der Waals surface area contributed by atoms with Crippen LogP contribution in [0.3, 0.4) is 0 Å². The summed E-state index contributed by atoms with van der Waals surface area (Å²) in [7, 11) is 3.64. The van der Waals surface area contributed by atoms with Crippen LogP contribution in [-0.2, 0) is 6.61 Å². The van der Waals surface area contributed by atoms with Gasteiger partial charge in [0, 0.05) is 16.6 Å². The maximum atomic E-state index is 13.4. The van der Waals surface area contributed by atoms with Crippen molar-refractivity contribution in [2.24, 2.45) is 0 Å². The number of hydrogen-bond acceptors (Lipinski definition) is 5. The number of guanidine groups is 1. The van der Waals surface area contributed by atoms with Gasteiger partial charge in [-0.05, 0) is 54.1 Å². The van der Waals surface area contributed by atoms with Crippen molar-refractivity contribution in [1.82, 2.24) is 20.6 Å². The lowest BCUT2D eigenvalue weighted by Crippen LogP contribution is -2.40. The summed E-state index contributed by atoms with van der Waals surface area (Å²) in [5.41, 5.74) is 2.97. The molecule has 0 radical (unpaired) electrons. The predicted molar refractivity (Wildman–Crippen MR) is 146 cm³/mol. The fraction of sp³-hybridized carbons (Fsp3) is 0.143. The van der Waals surface area contributed by atoms with Crippen LogP contribution in [0.5, 0.6) is 5.75 Å². The summed E-state index contributed by atoms with van der Waals surface area (Å²) in [5.74, 6) is 7.49. The number of nitriles is 1. The molecule has 0 spiro atoms. The summed E-state index contributed by atoms with van der Waals surface area (Å²) >= 11 is 6.45. The smallest absolute Gasteiger partial charge is 0.360 e. The van der Waals surface area contributed by atoms with E-state index in [-0.39, 0.29) is 12.4 Å². The van der Waals surface area contributed by atoms with Crippen molar-refractivity contribution in [2.45, 2.75) is 6.61 Å². The van der Waals surface area contributed by atoms with Gasteiger partial charge in [0.15, 0.2) is 0 Å². The molecule has 0 amide bonds. The lowest BCUT2D eigenvalue weighted by Gasteiger charge is -2.12. The first-order valence-electron chi connectivity index (χ1n) is 11.5. The molecule has 0 saturated carbocycles. The Bertz CT molecular complexity index is 1600. The van der Waals surface area contributed by atoms with Gasteiger partial charge in [-0.1, -0.05) is 35.6 Å². The lowest BCUT2D eigenvalue weighted by molar-refractivity contribution is -0.468. The van der Waals surface area contributed by atoms with Gasteiger partial charge in [0.1, 0.15) is 36.9 Å². The van der Waals surface area contributed by atoms with Gasteiger partial charge in [0.05, 0.1) is 24.6 Å². The van der Waals surface area contributed by atoms with Crippen molar-refractivity contribution in [3.8, 4) is 23.8 Å². The Hall–Kier alpha value is -4.86. The van der Waals surface area contributed by atoms with Gasteiger partial charge in [-0.25, -0.2) is 14.4 Å². The van der Waals surface area contributed by atoms with Gasteiger partial charge in [0.25, 0.3) is 6.19 Å². The molecule has 1 aromatic heterocycles. The zero-order chi connectivity index (χ0) is 26.9. The fourth-order valence-corrected chi connectivity index (χ4v) is 3.73. The van der Waals surface area contributed by atoms with Crippen LogP contribution in [0.15, 0.2) is 67.0 Å². The first-order valence-corrected chi connectivity index (χ1v) is 11.9. The number of anilines is 2. The highest BCUT2D eigenvalue weighted by Gasteiger charge is 2.09. The van der Waals surface area contributed by atoms with Gasteiger partial charge in [-0.15, -0.1) is 0 Å². The Morgan fingerprint density at radius 1 is 1.11 bits per heavy atom. The zero-order valence-electron chi connectivity index (χ0n) is 20.7.